The first-order valence-electron chi connectivity index (χ1n) is 5.20. The number of nitrogens with zero attached hydrogens (tertiary/aromatic N) is 2. The molecule has 0 radical (unpaired) electrons. The summed E-state index contributed by atoms with van der Waals surface area (Å²) < 4.78 is 5.53. The van der Waals surface area contributed by atoms with Crippen molar-refractivity contribution in [2.45, 2.75) is 25.4 Å². The summed E-state index contributed by atoms with van der Waals surface area (Å²) in [6, 6.07) is 2.74. The van der Waals surface area contributed by atoms with E-state index in [-0.39, 0.29) is 11.8 Å². The van der Waals surface area contributed by atoms with Gasteiger partial charge in [-0.25, -0.2) is 0 Å². The molecule has 1 N–H and O–H groups in total. The van der Waals surface area contributed by atoms with Gasteiger partial charge in [0.1, 0.15) is 11.9 Å². The van der Waals surface area contributed by atoms with Crippen LogP contribution in [0.3, 0.4) is 0 Å². The fourth-order valence-corrected chi connectivity index (χ4v) is 1.44. The highest BCUT2D eigenvalue weighted by Gasteiger charge is 2.21. The monoisotopic (exact) mass is 223 g/mol. The Labute approximate surface area is 92.8 Å². The minimum absolute atomic E-state index is 0.00586. The van der Waals surface area contributed by atoms with Crippen molar-refractivity contribution in [3.8, 4) is 5.88 Å². The van der Waals surface area contributed by atoms with Gasteiger partial charge in [-0.05, 0) is 19.3 Å². The van der Waals surface area contributed by atoms with Crippen molar-refractivity contribution >= 4 is 11.5 Å². The van der Waals surface area contributed by atoms with Gasteiger partial charge in [0.2, 0.25) is 5.88 Å². The molecule has 0 spiro atoms. The lowest BCUT2D eigenvalue weighted by Gasteiger charge is -2.25. The second kappa shape index (κ2) is 4.34. The SMILES string of the molecule is CNc1cc([N+](=O)[O-])cc(OC2CCC2)n1. The van der Waals surface area contributed by atoms with E-state index in [0.717, 1.165) is 19.3 Å². The molecule has 0 aromatic carbocycles. The van der Waals surface area contributed by atoms with E-state index in [0.29, 0.717) is 11.7 Å². The van der Waals surface area contributed by atoms with Gasteiger partial charge in [-0.2, -0.15) is 4.98 Å². The van der Waals surface area contributed by atoms with E-state index < -0.39 is 4.92 Å². The van der Waals surface area contributed by atoms with Crippen LogP contribution in [0, 0.1) is 10.1 Å². The zero-order valence-corrected chi connectivity index (χ0v) is 8.97. The van der Waals surface area contributed by atoms with Gasteiger partial charge >= 0.3 is 0 Å². The zero-order valence-electron chi connectivity index (χ0n) is 8.97. The van der Waals surface area contributed by atoms with Gasteiger partial charge in [0.25, 0.3) is 5.69 Å². The van der Waals surface area contributed by atoms with Crippen molar-refractivity contribution in [1.29, 1.82) is 0 Å². The van der Waals surface area contributed by atoms with Crippen LogP contribution in [0.1, 0.15) is 19.3 Å². The van der Waals surface area contributed by atoms with Crippen LogP contribution in [0.4, 0.5) is 11.5 Å². The van der Waals surface area contributed by atoms with Crippen LogP contribution in [0.25, 0.3) is 0 Å². The number of anilines is 1. The molecule has 1 aliphatic rings. The molecule has 86 valence electrons. The first-order chi connectivity index (χ1) is 7.69. The van der Waals surface area contributed by atoms with Gasteiger partial charge in [0, 0.05) is 7.05 Å². The summed E-state index contributed by atoms with van der Waals surface area (Å²) >= 11 is 0. The molecule has 1 fully saturated rings. The Morgan fingerprint density at radius 2 is 2.31 bits per heavy atom. The molecule has 0 amide bonds. The van der Waals surface area contributed by atoms with Gasteiger partial charge in [-0.3, -0.25) is 10.1 Å². The minimum Gasteiger partial charge on any atom is -0.474 e. The Bertz CT molecular complexity index is 404. The van der Waals surface area contributed by atoms with E-state index in [2.05, 4.69) is 10.3 Å². The molecule has 2 rings (SSSR count). The van der Waals surface area contributed by atoms with E-state index >= 15 is 0 Å². The van der Waals surface area contributed by atoms with E-state index in [4.69, 9.17) is 4.74 Å². The summed E-state index contributed by atoms with van der Waals surface area (Å²) in [6.07, 6.45) is 3.32. The molecule has 1 aromatic rings. The number of rotatable bonds is 4. The zero-order chi connectivity index (χ0) is 11.5. The van der Waals surface area contributed by atoms with E-state index in [1.54, 1.807) is 7.05 Å². The average molecular weight is 223 g/mol. The second-order valence-electron chi connectivity index (χ2n) is 3.73. The van der Waals surface area contributed by atoms with Crippen LogP contribution in [-0.2, 0) is 0 Å². The maximum absolute atomic E-state index is 10.7. The lowest BCUT2D eigenvalue weighted by atomic mass is 9.96. The van der Waals surface area contributed by atoms with Crippen LogP contribution in [-0.4, -0.2) is 23.1 Å². The van der Waals surface area contributed by atoms with Gasteiger partial charge in [0.15, 0.2) is 0 Å². The number of nitro groups is 1. The first kappa shape index (κ1) is 10.7. The Morgan fingerprint density at radius 3 is 2.81 bits per heavy atom. The van der Waals surface area contributed by atoms with Crippen molar-refractivity contribution in [2.24, 2.45) is 0 Å². The molecular weight excluding hydrogens is 210 g/mol. The standard InChI is InChI=1S/C10H13N3O3/c1-11-9-5-7(13(14)15)6-10(12-9)16-8-3-2-4-8/h5-6,8H,2-4H2,1H3,(H,11,12). The fraction of sp³-hybridized carbons (Fsp3) is 0.500. The van der Waals surface area contributed by atoms with Crippen LogP contribution < -0.4 is 10.1 Å². The molecular formula is C10H13N3O3. The predicted molar refractivity (Wildman–Crippen MR) is 58.7 cm³/mol. The van der Waals surface area contributed by atoms with Crippen molar-refractivity contribution in [3.05, 3.63) is 22.2 Å². The molecule has 1 aromatic heterocycles. The number of aromatic nitrogens is 1. The van der Waals surface area contributed by atoms with Crippen molar-refractivity contribution in [1.82, 2.24) is 4.98 Å². The van der Waals surface area contributed by atoms with E-state index in [9.17, 15) is 10.1 Å². The van der Waals surface area contributed by atoms with Crippen LogP contribution in [0.15, 0.2) is 12.1 Å². The normalized spacial score (nSPS) is 15.3. The number of hydrogen-bond acceptors (Lipinski definition) is 5. The number of ether oxygens (including phenoxy) is 1. The van der Waals surface area contributed by atoms with Crippen molar-refractivity contribution in [2.75, 3.05) is 12.4 Å². The largest absolute Gasteiger partial charge is 0.474 e. The second-order valence-corrected chi connectivity index (χ2v) is 3.73. The van der Waals surface area contributed by atoms with Crippen molar-refractivity contribution in [3.63, 3.8) is 0 Å². The molecule has 0 bridgehead atoms. The summed E-state index contributed by atoms with van der Waals surface area (Å²) in [5.41, 5.74) is -0.00586. The highest BCUT2D eigenvalue weighted by atomic mass is 16.6. The molecule has 0 unspecified atom stereocenters. The van der Waals surface area contributed by atoms with Crippen molar-refractivity contribution < 1.29 is 9.66 Å². The van der Waals surface area contributed by atoms with Gasteiger partial charge in [-0.1, -0.05) is 0 Å². The molecule has 1 heterocycles. The summed E-state index contributed by atoms with van der Waals surface area (Å²) in [6.45, 7) is 0. The Hall–Kier alpha value is -1.85. The topological polar surface area (TPSA) is 77.3 Å². The maximum atomic E-state index is 10.7. The molecule has 1 saturated carbocycles. The van der Waals surface area contributed by atoms with Crippen LogP contribution >= 0.6 is 0 Å². The quantitative estimate of drug-likeness (QED) is 0.623. The number of pyridine rings is 1. The molecule has 6 nitrogen and oxygen atoms in total. The molecule has 0 saturated heterocycles. The Balaban J connectivity index is 2.21. The lowest BCUT2D eigenvalue weighted by molar-refractivity contribution is -0.384. The molecule has 6 heteroatoms. The Kier molecular flexibility index (Phi) is 2.89. The molecule has 0 atom stereocenters. The highest BCUT2D eigenvalue weighted by molar-refractivity contribution is 5.47. The maximum Gasteiger partial charge on any atom is 0.278 e. The molecule has 16 heavy (non-hydrogen) atoms. The summed E-state index contributed by atoms with van der Waals surface area (Å²) in [7, 11) is 1.67. The minimum atomic E-state index is -0.448. The van der Waals surface area contributed by atoms with Crippen LogP contribution in [0.2, 0.25) is 0 Å². The van der Waals surface area contributed by atoms with Gasteiger partial charge in [-0.15, -0.1) is 0 Å². The summed E-state index contributed by atoms with van der Waals surface area (Å²) in [5.74, 6) is 0.770. The number of hydrogen-bond donors (Lipinski definition) is 1. The lowest BCUT2D eigenvalue weighted by Crippen LogP contribution is -2.25. The first-order valence-corrected chi connectivity index (χ1v) is 5.20. The third kappa shape index (κ3) is 2.21. The summed E-state index contributed by atoms with van der Waals surface area (Å²) in [4.78, 5) is 14.4. The molecule has 0 aliphatic heterocycles. The van der Waals surface area contributed by atoms with E-state index in [1.807, 2.05) is 0 Å². The number of nitrogens with one attached hydrogen (secondary N) is 1. The predicted octanol–water partition coefficient (Wildman–Crippen LogP) is 1.96. The average Bonchev–Trinajstić information content (AvgIpc) is 2.23. The highest BCUT2D eigenvalue weighted by Crippen LogP contribution is 2.27. The van der Waals surface area contributed by atoms with Gasteiger partial charge in [0.05, 0.1) is 17.1 Å². The smallest absolute Gasteiger partial charge is 0.278 e. The summed E-state index contributed by atoms with van der Waals surface area (Å²) in [5, 5.41) is 13.5. The molecule has 1 aliphatic carbocycles. The van der Waals surface area contributed by atoms with Crippen LogP contribution in [0.5, 0.6) is 5.88 Å². The fourth-order valence-electron chi connectivity index (χ4n) is 1.44. The van der Waals surface area contributed by atoms with E-state index in [1.165, 1.54) is 12.1 Å². The third-order valence-electron chi connectivity index (χ3n) is 2.59. The Morgan fingerprint density at radius 1 is 1.56 bits per heavy atom. The van der Waals surface area contributed by atoms with Gasteiger partial charge < -0.3 is 10.1 Å². The third-order valence-corrected chi connectivity index (χ3v) is 2.59.